The number of hydrogen-bond donors (Lipinski definition) is 2. The highest BCUT2D eigenvalue weighted by molar-refractivity contribution is 7.81. The number of thiazole rings is 1. The Morgan fingerprint density at radius 2 is 2.10 bits per heavy atom. The molecule has 0 aliphatic heterocycles. The molecule has 0 spiro atoms. The van der Waals surface area contributed by atoms with Gasteiger partial charge in [-0.2, -0.15) is 5.10 Å². The Kier molecular flexibility index (Phi) is 5.24. The molecule has 2 aromatic heterocycles. The van der Waals surface area contributed by atoms with E-state index in [0.717, 1.165) is 20.8 Å². The summed E-state index contributed by atoms with van der Waals surface area (Å²) in [6.07, 6.45) is 1.76. The Morgan fingerprint density at radius 1 is 1.30 bits per heavy atom. The lowest BCUT2D eigenvalue weighted by Crippen LogP contribution is -2.20. The highest BCUT2D eigenvalue weighted by atomic mass is 32.2. The molecule has 2 aromatic carbocycles. The van der Waals surface area contributed by atoms with Gasteiger partial charge in [-0.1, -0.05) is 12.1 Å². The van der Waals surface area contributed by atoms with Gasteiger partial charge in [0.1, 0.15) is 16.4 Å². The molecule has 0 radical (unpaired) electrons. The smallest absolute Gasteiger partial charge is 0.335 e. The summed E-state index contributed by atoms with van der Waals surface area (Å²) in [7, 11) is 3.20. The van der Waals surface area contributed by atoms with E-state index in [-0.39, 0.29) is 22.8 Å². The highest BCUT2D eigenvalue weighted by Gasteiger charge is 2.24. The molecule has 11 heteroatoms. The van der Waals surface area contributed by atoms with Crippen LogP contribution in [0.25, 0.3) is 21.5 Å². The molecule has 1 atom stereocenters. The van der Waals surface area contributed by atoms with Crippen LogP contribution in [0.1, 0.15) is 10.4 Å². The van der Waals surface area contributed by atoms with Gasteiger partial charge in [-0.15, -0.1) is 11.3 Å². The third-order valence-corrected chi connectivity index (χ3v) is 6.05. The second-order valence-electron chi connectivity index (χ2n) is 6.24. The molecule has 4 rings (SSSR count). The van der Waals surface area contributed by atoms with Gasteiger partial charge in [0.05, 0.1) is 24.4 Å². The van der Waals surface area contributed by atoms with Crippen LogP contribution in [0.5, 0.6) is 5.75 Å². The fourth-order valence-corrected chi connectivity index (χ4v) is 4.61. The van der Waals surface area contributed by atoms with Crippen molar-refractivity contribution in [3.63, 3.8) is 0 Å². The molecule has 4 aromatic rings. The van der Waals surface area contributed by atoms with Crippen molar-refractivity contribution in [1.82, 2.24) is 14.8 Å². The fraction of sp³-hybridized carbons (Fsp3) is 0.105. The summed E-state index contributed by atoms with van der Waals surface area (Å²) < 4.78 is 30.2. The van der Waals surface area contributed by atoms with E-state index in [1.165, 1.54) is 36.6 Å². The van der Waals surface area contributed by atoms with Crippen LogP contribution < -0.4 is 9.04 Å². The van der Waals surface area contributed by atoms with Crippen molar-refractivity contribution in [2.75, 3.05) is 11.4 Å². The van der Waals surface area contributed by atoms with E-state index in [1.54, 1.807) is 16.3 Å². The molecule has 9 nitrogen and oxygen atoms in total. The first kappa shape index (κ1) is 20.0. The number of methoxy groups -OCH3 is 1. The number of carbonyl (C=O) groups is 1. The largest absolute Gasteiger partial charge is 0.495 e. The van der Waals surface area contributed by atoms with Crippen molar-refractivity contribution >= 4 is 51.0 Å². The number of para-hydroxylation sites is 1. The molecule has 0 bridgehead atoms. The van der Waals surface area contributed by atoms with E-state index < -0.39 is 17.2 Å². The Hall–Kier alpha value is -3.28. The summed E-state index contributed by atoms with van der Waals surface area (Å²) in [6.45, 7) is 0. The SMILES string of the molecule is COc1cc(C(=O)O)ccc1N(c1csc(-c2cccc3cnn(C)c23)n1)S(=O)O. The highest BCUT2D eigenvalue weighted by Crippen LogP contribution is 2.39. The number of aromatic carboxylic acids is 1. The molecule has 0 aliphatic carbocycles. The van der Waals surface area contributed by atoms with Crippen LogP contribution in [-0.4, -0.2) is 41.7 Å². The summed E-state index contributed by atoms with van der Waals surface area (Å²) in [4.78, 5) is 15.8. The van der Waals surface area contributed by atoms with Crippen LogP contribution in [0.4, 0.5) is 11.5 Å². The molecule has 0 fully saturated rings. The number of aryl methyl sites for hydroxylation is 1. The Labute approximate surface area is 177 Å². The molecule has 0 saturated carbocycles. The Bertz CT molecular complexity index is 1280. The lowest BCUT2D eigenvalue weighted by molar-refractivity contribution is 0.0696. The van der Waals surface area contributed by atoms with Crippen LogP contribution in [-0.2, 0) is 18.3 Å². The van der Waals surface area contributed by atoms with Gasteiger partial charge in [-0.05, 0) is 24.3 Å². The number of carboxylic acid groups (broad SMARTS) is 1. The molecule has 0 amide bonds. The van der Waals surface area contributed by atoms with Gasteiger partial charge in [-0.25, -0.2) is 18.3 Å². The van der Waals surface area contributed by atoms with Gasteiger partial charge >= 0.3 is 5.97 Å². The molecular weight excluding hydrogens is 428 g/mol. The average molecular weight is 444 g/mol. The molecule has 0 aliphatic rings. The number of hydrogen-bond acceptors (Lipinski definition) is 6. The van der Waals surface area contributed by atoms with Crippen molar-refractivity contribution in [2.45, 2.75) is 0 Å². The summed E-state index contributed by atoms with van der Waals surface area (Å²) >= 11 is -1.15. The minimum absolute atomic E-state index is 0.00104. The van der Waals surface area contributed by atoms with E-state index in [1.807, 2.05) is 25.2 Å². The normalized spacial score (nSPS) is 12.1. The monoisotopic (exact) mass is 444 g/mol. The first-order valence-corrected chi connectivity index (χ1v) is 10.5. The minimum Gasteiger partial charge on any atom is -0.495 e. The zero-order valence-electron chi connectivity index (χ0n) is 15.8. The van der Waals surface area contributed by atoms with Crippen LogP contribution >= 0.6 is 11.3 Å². The fourth-order valence-electron chi connectivity index (χ4n) is 3.15. The zero-order chi connectivity index (χ0) is 21.4. The van der Waals surface area contributed by atoms with Crippen molar-refractivity contribution < 1.29 is 23.4 Å². The van der Waals surface area contributed by atoms with Gasteiger partial charge < -0.3 is 9.84 Å². The first-order valence-electron chi connectivity index (χ1n) is 8.59. The number of carboxylic acids is 1. The molecule has 154 valence electrons. The third kappa shape index (κ3) is 3.43. The van der Waals surface area contributed by atoms with Gasteiger partial charge in [0, 0.05) is 23.4 Å². The predicted molar refractivity (Wildman–Crippen MR) is 115 cm³/mol. The van der Waals surface area contributed by atoms with Crippen molar-refractivity contribution in [3.05, 3.63) is 53.5 Å². The number of ether oxygens (including phenoxy) is 1. The van der Waals surface area contributed by atoms with Crippen LogP contribution in [0.15, 0.2) is 48.0 Å². The van der Waals surface area contributed by atoms with Crippen molar-refractivity contribution in [3.8, 4) is 16.3 Å². The van der Waals surface area contributed by atoms with Gasteiger partial charge in [-0.3, -0.25) is 9.23 Å². The predicted octanol–water partition coefficient (Wildman–Crippen LogP) is 3.68. The molecule has 2 N–H and O–H groups in total. The van der Waals surface area contributed by atoms with E-state index in [0.29, 0.717) is 5.01 Å². The summed E-state index contributed by atoms with van der Waals surface area (Å²) in [5.41, 5.74) is 1.97. The topological polar surface area (TPSA) is 118 Å². The number of nitrogens with zero attached hydrogens (tertiary/aromatic N) is 4. The second kappa shape index (κ2) is 7.86. The Balaban J connectivity index is 1.81. The quantitative estimate of drug-likeness (QED) is 0.436. The number of benzene rings is 2. The van der Waals surface area contributed by atoms with Gasteiger partial charge in [0.2, 0.25) is 0 Å². The summed E-state index contributed by atoms with van der Waals surface area (Å²) in [5.74, 6) is -0.756. The molecule has 0 saturated heterocycles. The minimum atomic E-state index is -2.47. The summed E-state index contributed by atoms with van der Waals surface area (Å²) in [5, 5.41) is 16.7. The lowest BCUT2D eigenvalue weighted by atomic mass is 10.1. The van der Waals surface area contributed by atoms with Gasteiger partial charge in [0.15, 0.2) is 5.82 Å². The maximum Gasteiger partial charge on any atom is 0.335 e. The maximum atomic E-state index is 12.2. The van der Waals surface area contributed by atoms with Crippen LogP contribution in [0.3, 0.4) is 0 Å². The third-order valence-electron chi connectivity index (χ3n) is 4.49. The van der Waals surface area contributed by atoms with Crippen LogP contribution in [0, 0.1) is 0 Å². The average Bonchev–Trinajstić information content (AvgIpc) is 3.35. The molecule has 2 heterocycles. The van der Waals surface area contributed by atoms with Crippen LogP contribution in [0.2, 0.25) is 0 Å². The van der Waals surface area contributed by atoms with Crippen molar-refractivity contribution in [1.29, 1.82) is 0 Å². The van der Waals surface area contributed by atoms with Gasteiger partial charge in [0.25, 0.3) is 11.3 Å². The van der Waals surface area contributed by atoms with E-state index in [9.17, 15) is 18.7 Å². The number of fused-ring (bicyclic) bond motifs is 1. The van der Waals surface area contributed by atoms with E-state index in [2.05, 4.69) is 10.1 Å². The van der Waals surface area contributed by atoms with Crippen molar-refractivity contribution in [2.24, 2.45) is 7.05 Å². The standard InChI is InChI=1S/C19H16N4O5S2/c1-22-17-12(9-20-22)4-3-5-13(17)18-21-16(10-29-18)23(30(26)27)14-7-6-11(19(24)25)8-15(14)28-2/h3-10H,1-2H3,(H,24,25)(H,26,27). The number of rotatable bonds is 6. The second-order valence-corrected chi connectivity index (χ2v) is 7.92. The first-order chi connectivity index (χ1) is 14.4. The maximum absolute atomic E-state index is 12.2. The number of aromatic nitrogens is 3. The van der Waals surface area contributed by atoms with E-state index >= 15 is 0 Å². The summed E-state index contributed by atoms with van der Waals surface area (Å²) in [6, 6.07) is 9.80. The zero-order valence-corrected chi connectivity index (χ0v) is 17.5. The Morgan fingerprint density at radius 3 is 2.80 bits per heavy atom. The molecule has 1 unspecified atom stereocenters. The molecular formula is C19H16N4O5S2. The lowest BCUT2D eigenvalue weighted by Gasteiger charge is -2.20. The van der Waals surface area contributed by atoms with E-state index in [4.69, 9.17) is 4.74 Å². The molecule has 30 heavy (non-hydrogen) atoms. The number of anilines is 2.